The van der Waals surface area contributed by atoms with Gasteiger partial charge in [-0.15, -0.1) is 0 Å². The molecule has 0 bridgehead atoms. The zero-order valence-electron chi connectivity index (χ0n) is 17.2. The fourth-order valence-electron chi connectivity index (χ4n) is 3.62. The predicted molar refractivity (Wildman–Crippen MR) is 124 cm³/mol. The van der Waals surface area contributed by atoms with Crippen molar-refractivity contribution in [1.29, 1.82) is 0 Å². The van der Waals surface area contributed by atoms with Crippen LogP contribution >= 0.6 is 11.6 Å². The average Bonchev–Trinajstić information content (AvgIpc) is 2.75. The SMILES string of the molecule is CCN(c1ncnc(Oc2cc(C)c(Cl)c(C)c2)c1N)c1cccc2ccccc12. The van der Waals surface area contributed by atoms with Gasteiger partial charge in [0.2, 0.25) is 5.88 Å². The number of aromatic nitrogens is 2. The van der Waals surface area contributed by atoms with Gasteiger partial charge in [-0.25, -0.2) is 4.98 Å². The van der Waals surface area contributed by atoms with Crippen molar-refractivity contribution in [2.75, 3.05) is 17.2 Å². The third-order valence-corrected chi connectivity index (χ3v) is 5.68. The topological polar surface area (TPSA) is 64.3 Å². The summed E-state index contributed by atoms with van der Waals surface area (Å²) >= 11 is 6.27. The molecule has 0 aliphatic heterocycles. The zero-order valence-corrected chi connectivity index (χ0v) is 17.9. The molecule has 4 rings (SSSR count). The van der Waals surface area contributed by atoms with Gasteiger partial charge in [-0.05, 0) is 55.5 Å². The molecule has 1 heterocycles. The van der Waals surface area contributed by atoms with E-state index in [0.717, 1.165) is 32.6 Å². The van der Waals surface area contributed by atoms with Crippen LogP contribution in [0.25, 0.3) is 10.8 Å². The molecule has 0 saturated carbocycles. The number of ether oxygens (including phenoxy) is 1. The normalized spacial score (nSPS) is 10.9. The molecular weight excluding hydrogens is 396 g/mol. The number of nitrogens with zero attached hydrogens (tertiary/aromatic N) is 3. The molecule has 0 spiro atoms. The highest BCUT2D eigenvalue weighted by Gasteiger charge is 2.19. The maximum Gasteiger partial charge on any atom is 0.248 e. The van der Waals surface area contributed by atoms with Gasteiger partial charge < -0.3 is 15.4 Å². The molecule has 1 aromatic heterocycles. The number of nitrogens with two attached hydrogens (primary N) is 1. The fourth-order valence-corrected chi connectivity index (χ4v) is 3.73. The molecule has 2 N–H and O–H groups in total. The van der Waals surface area contributed by atoms with E-state index >= 15 is 0 Å². The zero-order chi connectivity index (χ0) is 21.3. The van der Waals surface area contributed by atoms with E-state index in [1.807, 2.05) is 44.2 Å². The highest BCUT2D eigenvalue weighted by atomic mass is 35.5. The number of hydrogen-bond donors (Lipinski definition) is 1. The van der Waals surface area contributed by atoms with Gasteiger partial charge in [0.1, 0.15) is 17.8 Å². The highest BCUT2D eigenvalue weighted by molar-refractivity contribution is 6.32. The highest BCUT2D eigenvalue weighted by Crippen LogP contribution is 2.38. The summed E-state index contributed by atoms with van der Waals surface area (Å²) in [4.78, 5) is 10.8. The monoisotopic (exact) mass is 418 g/mol. The van der Waals surface area contributed by atoms with Crippen LogP contribution in [0.15, 0.2) is 60.9 Å². The fraction of sp³-hybridized carbons (Fsp3) is 0.167. The van der Waals surface area contributed by atoms with E-state index in [2.05, 4.69) is 46.1 Å². The lowest BCUT2D eigenvalue weighted by molar-refractivity contribution is 0.463. The Balaban J connectivity index is 1.76. The molecule has 30 heavy (non-hydrogen) atoms. The van der Waals surface area contributed by atoms with Crippen molar-refractivity contribution in [2.45, 2.75) is 20.8 Å². The molecule has 0 radical (unpaired) electrons. The molecular formula is C24H23ClN4O. The van der Waals surface area contributed by atoms with E-state index in [0.29, 0.717) is 29.7 Å². The van der Waals surface area contributed by atoms with Crippen LogP contribution in [0, 0.1) is 13.8 Å². The second kappa shape index (κ2) is 8.20. The summed E-state index contributed by atoms with van der Waals surface area (Å²) in [5, 5.41) is 3.02. The lowest BCUT2D eigenvalue weighted by Crippen LogP contribution is -2.19. The first kappa shape index (κ1) is 20.0. The molecule has 0 aliphatic carbocycles. The molecule has 5 nitrogen and oxygen atoms in total. The Hall–Kier alpha value is -3.31. The summed E-state index contributed by atoms with van der Waals surface area (Å²) < 4.78 is 6.02. The van der Waals surface area contributed by atoms with Crippen molar-refractivity contribution in [2.24, 2.45) is 0 Å². The summed E-state index contributed by atoms with van der Waals surface area (Å²) in [6, 6.07) is 18.2. The van der Waals surface area contributed by atoms with Gasteiger partial charge in [0.15, 0.2) is 5.82 Å². The van der Waals surface area contributed by atoms with Crippen molar-refractivity contribution in [1.82, 2.24) is 9.97 Å². The first-order valence-corrected chi connectivity index (χ1v) is 10.2. The second-order valence-corrected chi connectivity index (χ2v) is 7.51. The van der Waals surface area contributed by atoms with Gasteiger partial charge in [0.25, 0.3) is 0 Å². The number of benzene rings is 3. The third-order valence-electron chi connectivity index (χ3n) is 5.08. The first-order chi connectivity index (χ1) is 14.5. The number of nitrogen functional groups attached to an aromatic ring is 1. The van der Waals surface area contributed by atoms with Crippen LogP contribution in [-0.4, -0.2) is 16.5 Å². The van der Waals surface area contributed by atoms with Crippen molar-refractivity contribution in [3.63, 3.8) is 0 Å². The van der Waals surface area contributed by atoms with E-state index < -0.39 is 0 Å². The Morgan fingerprint density at radius 3 is 2.43 bits per heavy atom. The summed E-state index contributed by atoms with van der Waals surface area (Å²) in [5.74, 6) is 1.57. The minimum Gasteiger partial charge on any atom is -0.437 e. The van der Waals surface area contributed by atoms with Crippen LogP contribution in [0.1, 0.15) is 18.1 Å². The van der Waals surface area contributed by atoms with E-state index in [1.54, 1.807) is 0 Å². The summed E-state index contributed by atoms with van der Waals surface area (Å²) in [7, 11) is 0. The Labute approximate surface area is 181 Å². The first-order valence-electron chi connectivity index (χ1n) is 9.80. The summed E-state index contributed by atoms with van der Waals surface area (Å²) in [5.41, 5.74) is 9.77. The standard InChI is InChI=1S/C24H23ClN4O/c1-4-29(20-11-7-9-17-8-5-6-10-19(17)20)23-22(26)24(28-14-27-23)30-18-12-15(2)21(25)16(3)13-18/h5-14H,4,26H2,1-3H3. The van der Waals surface area contributed by atoms with Crippen molar-refractivity contribution >= 4 is 39.6 Å². The smallest absolute Gasteiger partial charge is 0.248 e. The number of halogens is 1. The van der Waals surface area contributed by atoms with Crippen molar-refractivity contribution < 1.29 is 4.74 Å². The molecule has 4 aromatic rings. The van der Waals surface area contributed by atoms with E-state index in [9.17, 15) is 0 Å². The Morgan fingerprint density at radius 1 is 1.00 bits per heavy atom. The lowest BCUT2D eigenvalue weighted by atomic mass is 10.1. The molecule has 6 heteroatoms. The number of rotatable bonds is 5. The van der Waals surface area contributed by atoms with Gasteiger partial charge >= 0.3 is 0 Å². The molecule has 0 atom stereocenters. The van der Waals surface area contributed by atoms with Crippen LogP contribution in [-0.2, 0) is 0 Å². The minimum absolute atomic E-state index is 0.319. The number of hydrogen-bond acceptors (Lipinski definition) is 5. The van der Waals surface area contributed by atoms with Crippen LogP contribution < -0.4 is 15.4 Å². The molecule has 0 saturated heterocycles. The van der Waals surface area contributed by atoms with Gasteiger partial charge in [-0.2, -0.15) is 4.98 Å². The van der Waals surface area contributed by atoms with Crippen LogP contribution in [0.2, 0.25) is 5.02 Å². The quantitative estimate of drug-likeness (QED) is 0.404. The van der Waals surface area contributed by atoms with Crippen LogP contribution in [0.4, 0.5) is 17.2 Å². The summed E-state index contributed by atoms with van der Waals surface area (Å²) in [6.07, 6.45) is 1.48. The Bertz CT molecular complexity index is 1200. The average molecular weight is 419 g/mol. The maximum absolute atomic E-state index is 6.48. The molecule has 0 fully saturated rings. The lowest BCUT2D eigenvalue weighted by Gasteiger charge is -2.25. The predicted octanol–water partition coefficient (Wildman–Crippen LogP) is 6.43. The van der Waals surface area contributed by atoms with Crippen LogP contribution in [0.5, 0.6) is 11.6 Å². The van der Waals surface area contributed by atoms with E-state index in [4.69, 9.17) is 22.1 Å². The van der Waals surface area contributed by atoms with Gasteiger partial charge in [0.05, 0.1) is 5.69 Å². The number of aryl methyl sites for hydroxylation is 2. The number of fused-ring (bicyclic) bond motifs is 1. The Kier molecular flexibility index (Phi) is 5.46. The van der Waals surface area contributed by atoms with Crippen molar-refractivity contribution in [3.05, 3.63) is 77.1 Å². The van der Waals surface area contributed by atoms with E-state index in [-0.39, 0.29) is 0 Å². The Morgan fingerprint density at radius 2 is 1.70 bits per heavy atom. The largest absolute Gasteiger partial charge is 0.437 e. The molecule has 3 aromatic carbocycles. The van der Waals surface area contributed by atoms with Gasteiger partial charge in [-0.3, -0.25) is 0 Å². The van der Waals surface area contributed by atoms with Crippen LogP contribution in [0.3, 0.4) is 0 Å². The maximum atomic E-state index is 6.48. The van der Waals surface area contributed by atoms with Gasteiger partial charge in [0, 0.05) is 17.0 Å². The minimum atomic E-state index is 0.319. The molecule has 0 aliphatic rings. The second-order valence-electron chi connectivity index (χ2n) is 7.13. The number of anilines is 3. The third kappa shape index (κ3) is 3.64. The molecule has 152 valence electrons. The summed E-state index contributed by atoms with van der Waals surface area (Å²) in [6.45, 7) is 6.64. The molecule has 0 unspecified atom stereocenters. The van der Waals surface area contributed by atoms with Gasteiger partial charge in [-0.1, -0.05) is 48.0 Å². The molecule has 0 amide bonds. The van der Waals surface area contributed by atoms with Crippen molar-refractivity contribution in [3.8, 4) is 11.6 Å². The van der Waals surface area contributed by atoms with E-state index in [1.165, 1.54) is 6.33 Å².